The Hall–Kier alpha value is -1.90. The molecule has 0 saturated carbocycles. The predicted molar refractivity (Wildman–Crippen MR) is 135 cm³/mol. The number of hydrogen-bond donors (Lipinski definition) is 0. The molecule has 1 nitrogen and oxygen atoms in total. The molecular weight excluding hydrogens is 414 g/mol. The van der Waals surface area contributed by atoms with E-state index in [0.717, 1.165) is 56.4 Å². The molecule has 0 aromatic heterocycles. The fourth-order valence-corrected chi connectivity index (χ4v) is 5.07. The van der Waals surface area contributed by atoms with Gasteiger partial charge in [0.25, 0.3) is 0 Å². The molecule has 0 saturated heterocycles. The maximum absolute atomic E-state index is 14.7. The van der Waals surface area contributed by atoms with Crippen molar-refractivity contribution >= 4 is 5.57 Å². The van der Waals surface area contributed by atoms with Gasteiger partial charge in [-0.3, -0.25) is 0 Å². The normalized spacial score (nSPS) is 21.2. The molecule has 182 valence electrons. The first-order chi connectivity index (χ1) is 16.1. The second-order valence-electron chi connectivity index (χ2n) is 9.82. The summed E-state index contributed by atoms with van der Waals surface area (Å²) in [6.07, 6.45) is 23.8. The zero-order valence-electron chi connectivity index (χ0n) is 20.7. The molecule has 0 aliphatic heterocycles. The number of halogens is 2. The van der Waals surface area contributed by atoms with E-state index in [4.69, 9.17) is 4.74 Å². The van der Waals surface area contributed by atoms with E-state index in [1.165, 1.54) is 38.5 Å². The second-order valence-corrected chi connectivity index (χ2v) is 9.82. The van der Waals surface area contributed by atoms with Crippen molar-refractivity contribution in [1.82, 2.24) is 0 Å². The van der Waals surface area contributed by atoms with Crippen LogP contribution in [0.15, 0.2) is 42.0 Å². The van der Waals surface area contributed by atoms with Crippen LogP contribution in [-0.2, 0) is 0 Å². The molecule has 2 aliphatic rings. The molecule has 2 unspecified atom stereocenters. The van der Waals surface area contributed by atoms with Crippen molar-refractivity contribution in [2.24, 2.45) is 11.8 Å². The van der Waals surface area contributed by atoms with Crippen molar-refractivity contribution < 1.29 is 13.5 Å². The van der Waals surface area contributed by atoms with Crippen LogP contribution in [-0.4, -0.2) is 6.61 Å². The van der Waals surface area contributed by atoms with Crippen molar-refractivity contribution in [3.05, 3.63) is 59.2 Å². The molecule has 0 radical (unpaired) electrons. The lowest BCUT2D eigenvalue weighted by atomic mass is 9.84. The highest BCUT2D eigenvalue weighted by molar-refractivity contribution is 5.67. The third-order valence-electron chi connectivity index (χ3n) is 7.18. The highest BCUT2D eigenvalue weighted by Crippen LogP contribution is 2.35. The Morgan fingerprint density at radius 2 is 1.85 bits per heavy atom. The van der Waals surface area contributed by atoms with E-state index in [-0.39, 0.29) is 5.75 Å². The van der Waals surface area contributed by atoms with E-state index in [9.17, 15) is 8.78 Å². The first-order valence-corrected chi connectivity index (χ1v) is 13.3. The Bertz CT molecular complexity index is 836. The summed E-state index contributed by atoms with van der Waals surface area (Å²) in [4.78, 5) is 0. The maximum Gasteiger partial charge on any atom is 0.201 e. The molecule has 1 aromatic rings. The quantitative estimate of drug-likeness (QED) is 0.225. The molecule has 0 spiro atoms. The highest BCUT2D eigenvalue weighted by Gasteiger charge is 2.20. The maximum atomic E-state index is 14.7. The van der Waals surface area contributed by atoms with Gasteiger partial charge in [0.2, 0.25) is 5.82 Å². The molecule has 2 aliphatic carbocycles. The van der Waals surface area contributed by atoms with Crippen molar-refractivity contribution in [3.63, 3.8) is 0 Å². The summed E-state index contributed by atoms with van der Waals surface area (Å²) in [6, 6.07) is 3.26. The minimum atomic E-state index is -0.855. The van der Waals surface area contributed by atoms with Crippen LogP contribution in [0, 0.1) is 23.5 Å². The third kappa shape index (κ3) is 7.83. The fraction of sp³-hybridized carbons (Fsp3) is 0.600. The Kier molecular flexibility index (Phi) is 10.7. The van der Waals surface area contributed by atoms with Crippen LogP contribution >= 0.6 is 0 Å². The highest BCUT2D eigenvalue weighted by atomic mass is 19.2. The first-order valence-electron chi connectivity index (χ1n) is 13.3. The van der Waals surface area contributed by atoms with Crippen molar-refractivity contribution in [3.8, 4) is 5.75 Å². The predicted octanol–water partition coefficient (Wildman–Crippen LogP) is 9.58. The van der Waals surface area contributed by atoms with E-state index in [0.29, 0.717) is 18.1 Å². The zero-order chi connectivity index (χ0) is 23.5. The van der Waals surface area contributed by atoms with Crippen LogP contribution in [0.2, 0.25) is 0 Å². The number of hydrogen-bond acceptors (Lipinski definition) is 1. The molecule has 3 heteroatoms. The minimum Gasteiger partial charge on any atom is -0.490 e. The van der Waals surface area contributed by atoms with Gasteiger partial charge in [0.15, 0.2) is 11.6 Å². The van der Waals surface area contributed by atoms with E-state index in [1.54, 1.807) is 17.7 Å². The SMILES string of the molecule is CCCCCOc1ccc(C2=CCC(/C=C/CCC3CC=C(CCC)CC3)CC2)c(F)c1F. The van der Waals surface area contributed by atoms with E-state index >= 15 is 0 Å². The molecule has 2 atom stereocenters. The van der Waals surface area contributed by atoms with Crippen molar-refractivity contribution in [2.45, 2.75) is 97.3 Å². The average Bonchev–Trinajstić information content (AvgIpc) is 2.84. The van der Waals surface area contributed by atoms with Crippen LogP contribution in [0.25, 0.3) is 5.57 Å². The lowest BCUT2D eigenvalue weighted by molar-refractivity contribution is 0.286. The molecule has 0 bridgehead atoms. The van der Waals surface area contributed by atoms with Crippen molar-refractivity contribution in [2.75, 3.05) is 6.61 Å². The fourth-order valence-electron chi connectivity index (χ4n) is 5.07. The monoisotopic (exact) mass is 456 g/mol. The van der Waals surface area contributed by atoms with Crippen molar-refractivity contribution in [1.29, 1.82) is 0 Å². The largest absolute Gasteiger partial charge is 0.490 e. The van der Waals surface area contributed by atoms with Gasteiger partial charge in [-0.1, -0.05) is 63.0 Å². The Morgan fingerprint density at radius 3 is 2.55 bits per heavy atom. The van der Waals surface area contributed by atoms with Gasteiger partial charge in [0.1, 0.15) is 0 Å². The summed E-state index contributed by atoms with van der Waals surface area (Å²) in [7, 11) is 0. The van der Waals surface area contributed by atoms with Crippen LogP contribution < -0.4 is 4.74 Å². The third-order valence-corrected chi connectivity index (χ3v) is 7.18. The lowest BCUT2D eigenvalue weighted by Gasteiger charge is -2.22. The number of ether oxygens (including phenoxy) is 1. The summed E-state index contributed by atoms with van der Waals surface area (Å²) < 4.78 is 34.6. The molecular formula is C30H42F2O. The van der Waals surface area contributed by atoms with Gasteiger partial charge in [0.05, 0.1) is 6.61 Å². The number of allylic oxidation sites excluding steroid dienone is 6. The van der Waals surface area contributed by atoms with Gasteiger partial charge in [-0.2, -0.15) is 4.39 Å². The molecule has 0 N–H and O–H groups in total. The number of unbranched alkanes of at least 4 members (excludes halogenated alkanes) is 2. The van der Waals surface area contributed by atoms with Gasteiger partial charge in [-0.05, 0) is 93.7 Å². The zero-order valence-corrected chi connectivity index (χ0v) is 20.7. The molecule has 3 rings (SSSR count). The van der Waals surface area contributed by atoms with Gasteiger partial charge in [0, 0.05) is 5.56 Å². The molecule has 33 heavy (non-hydrogen) atoms. The van der Waals surface area contributed by atoms with Gasteiger partial charge < -0.3 is 4.74 Å². The summed E-state index contributed by atoms with van der Waals surface area (Å²) in [5.74, 6) is -0.257. The Balaban J connectivity index is 1.45. The van der Waals surface area contributed by atoms with Gasteiger partial charge >= 0.3 is 0 Å². The molecule has 0 amide bonds. The van der Waals surface area contributed by atoms with Gasteiger partial charge in [-0.25, -0.2) is 4.39 Å². The van der Waals surface area contributed by atoms with Crippen LogP contribution in [0.1, 0.15) is 103 Å². The van der Waals surface area contributed by atoms with Gasteiger partial charge in [-0.15, -0.1) is 0 Å². The smallest absolute Gasteiger partial charge is 0.201 e. The number of benzene rings is 1. The van der Waals surface area contributed by atoms with E-state index < -0.39 is 11.6 Å². The van der Waals surface area contributed by atoms with Crippen LogP contribution in [0.3, 0.4) is 0 Å². The Morgan fingerprint density at radius 1 is 0.970 bits per heavy atom. The molecule has 1 aromatic carbocycles. The second kappa shape index (κ2) is 13.7. The molecule has 0 fully saturated rings. The number of rotatable bonds is 12. The first kappa shape index (κ1) is 25.7. The summed E-state index contributed by atoms with van der Waals surface area (Å²) in [6.45, 7) is 4.79. The summed E-state index contributed by atoms with van der Waals surface area (Å²) in [5.41, 5.74) is 2.98. The van der Waals surface area contributed by atoms with E-state index in [1.807, 2.05) is 0 Å². The Labute approximate surface area is 200 Å². The summed E-state index contributed by atoms with van der Waals surface area (Å²) in [5, 5.41) is 0. The molecule has 0 heterocycles. The minimum absolute atomic E-state index is 0.0274. The van der Waals surface area contributed by atoms with E-state index in [2.05, 4.69) is 38.2 Å². The topological polar surface area (TPSA) is 9.23 Å². The van der Waals surface area contributed by atoms with Crippen LogP contribution in [0.4, 0.5) is 8.78 Å². The lowest BCUT2D eigenvalue weighted by Crippen LogP contribution is -2.07. The average molecular weight is 457 g/mol. The standard InChI is InChI=1S/C30H42F2O/c1-3-5-8-22-33-28-21-20-27(29(31)30(28)32)26-18-16-25(17-19-26)11-7-6-10-24-14-12-23(9-4-2)13-15-24/h7,11-12,18,20-21,24-25H,3-6,8-10,13-17,19,22H2,1-2H3/b11-7+. The van der Waals surface area contributed by atoms with Crippen LogP contribution in [0.5, 0.6) is 5.75 Å². The summed E-state index contributed by atoms with van der Waals surface area (Å²) >= 11 is 0.